The SMILES string of the molecule is CS/C=C\C(=O)NCCO. The van der Waals surface area contributed by atoms with E-state index in [1.54, 1.807) is 5.41 Å². The third kappa shape index (κ3) is 5.65. The maximum absolute atomic E-state index is 10.6. The summed E-state index contributed by atoms with van der Waals surface area (Å²) in [5, 5.41) is 12.5. The molecule has 0 spiro atoms. The Balaban J connectivity index is 3.34. The zero-order valence-corrected chi connectivity index (χ0v) is 6.65. The van der Waals surface area contributed by atoms with Crippen LogP contribution in [-0.2, 0) is 4.79 Å². The summed E-state index contributed by atoms with van der Waals surface area (Å²) in [7, 11) is 0. The van der Waals surface area contributed by atoms with Gasteiger partial charge in [0.25, 0.3) is 0 Å². The van der Waals surface area contributed by atoms with E-state index in [1.165, 1.54) is 17.8 Å². The van der Waals surface area contributed by atoms with Crippen LogP contribution in [0.4, 0.5) is 0 Å². The lowest BCUT2D eigenvalue weighted by molar-refractivity contribution is -0.116. The summed E-state index contributed by atoms with van der Waals surface area (Å²) in [6.07, 6.45) is 3.30. The number of carbonyl (C=O) groups is 1. The van der Waals surface area contributed by atoms with E-state index in [-0.39, 0.29) is 12.5 Å². The van der Waals surface area contributed by atoms with Crippen LogP contribution in [0.25, 0.3) is 0 Å². The van der Waals surface area contributed by atoms with E-state index in [0.29, 0.717) is 6.54 Å². The van der Waals surface area contributed by atoms with E-state index in [2.05, 4.69) is 5.32 Å². The van der Waals surface area contributed by atoms with Gasteiger partial charge in [0.1, 0.15) is 0 Å². The molecule has 0 rings (SSSR count). The van der Waals surface area contributed by atoms with Crippen molar-refractivity contribution in [3.05, 3.63) is 11.5 Å². The Morgan fingerprint density at radius 1 is 1.80 bits per heavy atom. The van der Waals surface area contributed by atoms with Gasteiger partial charge >= 0.3 is 0 Å². The van der Waals surface area contributed by atoms with Crippen molar-refractivity contribution in [2.75, 3.05) is 19.4 Å². The minimum Gasteiger partial charge on any atom is -0.395 e. The van der Waals surface area contributed by atoms with Crippen molar-refractivity contribution in [3.8, 4) is 0 Å². The Kier molecular flexibility index (Phi) is 6.32. The highest BCUT2D eigenvalue weighted by atomic mass is 32.2. The van der Waals surface area contributed by atoms with Crippen LogP contribution in [0.3, 0.4) is 0 Å². The predicted octanol–water partition coefficient (Wildman–Crippen LogP) is -0.0284. The third-order valence-corrected chi connectivity index (χ3v) is 1.17. The molecule has 0 atom stereocenters. The van der Waals surface area contributed by atoms with Crippen molar-refractivity contribution in [1.82, 2.24) is 5.32 Å². The van der Waals surface area contributed by atoms with Crippen molar-refractivity contribution in [2.45, 2.75) is 0 Å². The lowest BCUT2D eigenvalue weighted by atomic mass is 10.5. The molecule has 1 amide bonds. The minimum atomic E-state index is -0.164. The summed E-state index contributed by atoms with van der Waals surface area (Å²) in [6.45, 7) is 0.302. The van der Waals surface area contributed by atoms with Gasteiger partial charge in [0.05, 0.1) is 6.61 Å². The van der Waals surface area contributed by atoms with Crippen LogP contribution < -0.4 is 5.32 Å². The lowest BCUT2D eigenvalue weighted by Crippen LogP contribution is -2.24. The number of thioether (sulfide) groups is 1. The first-order chi connectivity index (χ1) is 4.81. The van der Waals surface area contributed by atoms with Crippen LogP contribution in [-0.4, -0.2) is 30.4 Å². The lowest BCUT2D eigenvalue weighted by Gasteiger charge is -1.95. The third-order valence-electron chi connectivity index (χ3n) is 0.767. The van der Waals surface area contributed by atoms with E-state index in [1.807, 2.05) is 6.26 Å². The number of nitrogens with one attached hydrogen (secondary N) is 1. The summed E-state index contributed by atoms with van der Waals surface area (Å²) in [4.78, 5) is 10.6. The molecule has 3 nitrogen and oxygen atoms in total. The first-order valence-electron chi connectivity index (χ1n) is 2.89. The Morgan fingerprint density at radius 3 is 3.00 bits per heavy atom. The molecule has 2 N–H and O–H groups in total. The van der Waals surface area contributed by atoms with Gasteiger partial charge in [-0.05, 0) is 11.7 Å². The van der Waals surface area contributed by atoms with Crippen molar-refractivity contribution in [2.24, 2.45) is 0 Å². The molecule has 0 bridgehead atoms. The summed E-state index contributed by atoms with van der Waals surface area (Å²) in [5.74, 6) is -0.164. The van der Waals surface area contributed by atoms with Crippen LogP contribution in [0.5, 0.6) is 0 Å². The molecule has 0 saturated heterocycles. The second-order valence-corrected chi connectivity index (χ2v) is 2.30. The highest BCUT2D eigenvalue weighted by Gasteiger charge is 1.89. The fourth-order valence-corrected chi connectivity index (χ4v) is 0.628. The number of carbonyl (C=O) groups excluding carboxylic acids is 1. The van der Waals surface area contributed by atoms with Crippen molar-refractivity contribution in [1.29, 1.82) is 0 Å². The number of amides is 1. The number of aliphatic hydroxyl groups is 1. The maximum Gasteiger partial charge on any atom is 0.244 e. The largest absolute Gasteiger partial charge is 0.395 e. The molecule has 0 aliphatic heterocycles. The Bertz CT molecular complexity index is 125. The number of hydrogen-bond acceptors (Lipinski definition) is 3. The average Bonchev–Trinajstić information content (AvgIpc) is 1.97. The quantitative estimate of drug-likeness (QED) is 0.569. The summed E-state index contributed by atoms with van der Waals surface area (Å²) < 4.78 is 0. The van der Waals surface area contributed by atoms with Crippen LogP contribution in [0.15, 0.2) is 11.5 Å². The van der Waals surface area contributed by atoms with E-state index in [4.69, 9.17) is 5.11 Å². The molecule has 0 aromatic rings. The Morgan fingerprint density at radius 2 is 2.50 bits per heavy atom. The van der Waals surface area contributed by atoms with Crippen LogP contribution in [0, 0.1) is 0 Å². The molecule has 0 aliphatic rings. The van der Waals surface area contributed by atoms with Gasteiger partial charge in [-0.15, -0.1) is 11.8 Å². The van der Waals surface area contributed by atoms with Gasteiger partial charge < -0.3 is 10.4 Å². The molecule has 4 heteroatoms. The second kappa shape index (κ2) is 6.64. The second-order valence-electron chi connectivity index (χ2n) is 1.55. The monoisotopic (exact) mass is 161 g/mol. The van der Waals surface area contributed by atoms with Gasteiger partial charge in [0, 0.05) is 12.6 Å². The molecule has 58 valence electrons. The zero-order chi connectivity index (χ0) is 7.82. The molecular weight excluding hydrogens is 150 g/mol. The van der Waals surface area contributed by atoms with Crippen LogP contribution in [0.2, 0.25) is 0 Å². The average molecular weight is 161 g/mol. The fraction of sp³-hybridized carbons (Fsp3) is 0.500. The standard InChI is InChI=1S/C6H11NO2S/c1-10-5-2-6(9)7-3-4-8/h2,5,8H,3-4H2,1H3,(H,7,9)/b5-2-. The van der Waals surface area contributed by atoms with E-state index in [0.717, 1.165) is 0 Å². The zero-order valence-electron chi connectivity index (χ0n) is 5.83. The van der Waals surface area contributed by atoms with E-state index >= 15 is 0 Å². The van der Waals surface area contributed by atoms with E-state index in [9.17, 15) is 4.79 Å². The van der Waals surface area contributed by atoms with Gasteiger partial charge in [-0.1, -0.05) is 0 Å². The highest BCUT2D eigenvalue weighted by molar-refractivity contribution is 8.01. The molecule has 0 aromatic carbocycles. The van der Waals surface area contributed by atoms with Crippen molar-refractivity contribution >= 4 is 17.7 Å². The fourth-order valence-electron chi connectivity index (χ4n) is 0.368. The Hall–Kier alpha value is -0.480. The molecular formula is C6H11NO2S. The smallest absolute Gasteiger partial charge is 0.244 e. The first-order valence-corrected chi connectivity index (χ1v) is 4.18. The van der Waals surface area contributed by atoms with Crippen LogP contribution >= 0.6 is 11.8 Å². The summed E-state index contributed by atoms with van der Waals surface area (Å²) >= 11 is 1.46. The molecule has 10 heavy (non-hydrogen) atoms. The first kappa shape index (κ1) is 9.52. The van der Waals surface area contributed by atoms with Crippen LogP contribution in [0.1, 0.15) is 0 Å². The van der Waals surface area contributed by atoms with Gasteiger partial charge in [-0.2, -0.15) is 0 Å². The molecule has 0 radical (unpaired) electrons. The molecule has 0 fully saturated rings. The normalized spacial score (nSPS) is 10.2. The maximum atomic E-state index is 10.6. The van der Waals surface area contributed by atoms with E-state index < -0.39 is 0 Å². The van der Waals surface area contributed by atoms with Crippen molar-refractivity contribution in [3.63, 3.8) is 0 Å². The summed E-state index contributed by atoms with van der Waals surface area (Å²) in [6, 6.07) is 0. The van der Waals surface area contributed by atoms with Gasteiger partial charge in [-0.3, -0.25) is 4.79 Å². The summed E-state index contributed by atoms with van der Waals surface area (Å²) in [5.41, 5.74) is 0. The number of hydrogen-bond donors (Lipinski definition) is 2. The van der Waals surface area contributed by atoms with Gasteiger partial charge in [0.2, 0.25) is 5.91 Å². The molecule has 0 unspecified atom stereocenters. The van der Waals surface area contributed by atoms with Crippen molar-refractivity contribution < 1.29 is 9.90 Å². The van der Waals surface area contributed by atoms with Gasteiger partial charge in [-0.25, -0.2) is 0 Å². The molecule has 0 aromatic heterocycles. The number of rotatable bonds is 4. The Labute approximate surface area is 64.5 Å². The molecule has 0 heterocycles. The number of aliphatic hydroxyl groups excluding tert-OH is 1. The molecule has 0 aliphatic carbocycles. The van der Waals surface area contributed by atoms with Gasteiger partial charge in [0.15, 0.2) is 0 Å². The highest BCUT2D eigenvalue weighted by Crippen LogP contribution is 1.91. The minimum absolute atomic E-state index is 0.0150. The molecule has 0 saturated carbocycles. The topological polar surface area (TPSA) is 49.3 Å². The predicted molar refractivity (Wildman–Crippen MR) is 42.8 cm³/mol.